The first-order valence-corrected chi connectivity index (χ1v) is 10.5. The van der Waals surface area contributed by atoms with Crippen LogP contribution in [-0.4, -0.2) is 32.6 Å². The first kappa shape index (κ1) is 21.4. The number of carbonyl (C=O) groups excluding carboxylic acids is 1. The molecule has 154 valence electrons. The van der Waals surface area contributed by atoms with Gasteiger partial charge in [0.15, 0.2) is 5.82 Å². The summed E-state index contributed by atoms with van der Waals surface area (Å²) in [5.74, 6) is 6.64. The fourth-order valence-corrected chi connectivity index (χ4v) is 3.77. The molecule has 2 N–H and O–H groups in total. The molecule has 3 rings (SSSR count). The first-order chi connectivity index (χ1) is 14.4. The number of nitriles is 1. The van der Waals surface area contributed by atoms with Gasteiger partial charge in [-0.1, -0.05) is 59.3 Å². The average Bonchev–Trinajstić information content (AvgIpc) is 3.10. The molecule has 0 saturated carbocycles. The molecule has 0 bridgehead atoms. The summed E-state index contributed by atoms with van der Waals surface area (Å²) in [7, 11) is 0. The smallest absolute Gasteiger partial charge is 0.240 e. The van der Waals surface area contributed by atoms with Crippen LogP contribution in [-0.2, 0) is 4.79 Å². The molecule has 1 atom stereocenters. The van der Waals surface area contributed by atoms with Gasteiger partial charge in [0, 0.05) is 17.8 Å². The number of aromatic nitrogens is 3. The van der Waals surface area contributed by atoms with Gasteiger partial charge >= 0.3 is 0 Å². The van der Waals surface area contributed by atoms with Crippen LogP contribution < -0.4 is 10.7 Å². The highest BCUT2D eigenvalue weighted by atomic mass is 32.2. The Morgan fingerprint density at radius 3 is 2.33 bits per heavy atom. The molecule has 0 fully saturated rings. The summed E-state index contributed by atoms with van der Waals surface area (Å²) < 4.78 is 1.41. The van der Waals surface area contributed by atoms with Gasteiger partial charge in [-0.3, -0.25) is 4.79 Å². The molecule has 7 nitrogen and oxygen atoms in total. The predicted octanol–water partition coefficient (Wildman–Crippen LogP) is 3.70. The van der Waals surface area contributed by atoms with Gasteiger partial charge in [-0.05, 0) is 32.9 Å². The Morgan fingerprint density at radius 1 is 1.13 bits per heavy atom. The Kier molecular flexibility index (Phi) is 6.75. The third kappa shape index (κ3) is 4.81. The maximum absolute atomic E-state index is 13.2. The molecule has 0 radical (unpaired) electrons. The van der Waals surface area contributed by atoms with Gasteiger partial charge in [0.1, 0.15) is 0 Å². The van der Waals surface area contributed by atoms with E-state index in [2.05, 4.69) is 16.3 Å². The van der Waals surface area contributed by atoms with Crippen molar-refractivity contribution in [2.45, 2.75) is 37.6 Å². The quantitative estimate of drug-likeness (QED) is 0.462. The van der Waals surface area contributed by atoms with Crippen LogP contribution in [0, 0.1) is 25.2 Å². The van der Waals surface area contributed by atoms with E-state index >= 15 is 0 Å². The lowest BCUT2D eigenvalue weighted by molar-refractivity contribution is -0.117. The zero-order chi connectivity index (χ0) is 21.7. The first-order valence-electron chi connectivity index (χ1n) is 9.60. The largest absolute Gasteiger partial charge is 0.335 e. The molecule has 0 saturated heterocycles. The maximum Gasteiger partial charge on any atom is 0.240 e. The molecule has 3 aromatic rings. The number of hydrogen-bond donors (Lipinski definition) is 1. The van der Waals surface area contributed by atoms with Crippen molar-refractivity contribution in [2.24, 2.45) is 0 Å². The number of nitrogen functional groups attached to an aromatic ring is 1. The number of nitrogens with zero attached hydrogens (tertiary/aromatic N) is 5. The Hall–Kier alpha value is -3.31. The summed E-state index contributed by atoms with van der Waals surface area (Å²) in [5, 5.41) is 17.4. The van der Waals surface area contributed by atoms with Crippen LogP contribution in [0.5, 0.6) is 0 Å². The second-order valence-electron chi connectivity index (χ2n) is 7.04. The lowest BCUT2D eigenvalue weighted by Gasteiger charge is -2.25. The van der Waals surface area contributed by atoms with E-state index in [1.807, 2.05) is 62.4 Å². The average molecular weight is 421 g/mol. The zero-order valence-electron chi connectivity index (χ0n) is 17.2. The number of aryl methyl sites for hydroxylation is 2. The molecule has 1 unspecified atom stereocenters. The van der Waals surface area contributed by atoms with Gasteiger partial charge in [-0.15, -0.1) is 10.2 Å². The van der Waals surface area contributed by atoms with Gasteiger partial charge in [0.05, 0.1) is 17.7 Å². The molecule has 1 heterocycles. The lowest BCUT2D eigenvalue weighted by Crippen LogP contribution is -2.37. The molecular weight excluding hydrogens is 396 g/mol. The second kappa shape index (κ2) is 9.46. The van der Waals surface area contributed by atoms with Crippen molar-refractivity contribution >= 4 is 23.4 Å². The van der Waals surface area contributed by atoms with Crippen molar-refractivity contribution in [1.29, 1.82) is 5.26 Å². The van der Waals surface area contributed by atoms with E-state index in [1.54, 1.807) is 11.8 Å². The van der Waals surface area contributed by atoms with Crippen LogP contribution in [0.25, 0.3) is 11.4 Å². The number of carbonyl (C=O) groups is 1. The fraction of sp³-hybridized carbons (Fsp3) is 0.273. The van der Waals surface area contributed by atoms with Crippen molar-refractivity contribution in [1.82, 2.24) is 14.9 Å². The monoisotopic (exact) mass is 420 g/mol. The van der Waals surface area contributed by atoms with Crippen LogP contribution >= 0.6 is 11.8 Å². The zero-order valence-corrected chi connectivity index (χ0v) is 18.1. The summed E-state index contributed by atoms with van der Waals surface area (Å²) in [6.07, 6.45) is 0.252. The highest BCUT2D eigenvalue weighted by molar-refractivity contribution is 8.00. The predicted molar refractivity (Wildman–Crippen MR) is 119 cm³/mol. The number of hydrogen-bond acceptors (Lipinski definition) is 6. The van der Waals surface area contributed by atoms with E-state index in [-0.39, 0.29) is 12.3 Å². The highest BCUT2D eigenvalue weighted by Gasteiger charge is 2.25. The third-order valence-electron chi connectivity index (χ3n) is 4.66. The maximum atomic E-state index is 13.2. The third-order valence-corrected chi connectivity index (χ3v) is 5.71. The van der Waals surface area contributed by atoms with E-state index < -0.39 is 5.25 Å². The fourth-order valence-electron chi connectivity index (χ4n) is 2.94. The van der Waals surface area contributed by atoms with Gasteiger partial charge in [-0.2, -0.15) is 5.26 Å². The highest BCUT2D eigenvalue weighted by Crippen LogP contribution is 2.27. The minimum atomic E-state index is -0.456. The molecule has 0 aliphatic carbocycles. The Balaban J connectivity index is 1.79. The normalized spacial score (nSPS) is 11.7. The molecule has 0 aliphatic rings. The van der Waals surface area contributed by atoms with Crippen molar-refractivity contribution in [3.63, 3.8) is 0 Å². The van der Waals surface area contributed by atoms with Gasteiger partial charge in [0.2, 0.25) is 11.1 Å². The molecule has 1 aromatic heterocycles. The van der Waals surface area contributed by atoms with Gasteiger partial charge in [0.25, 0.3) is 0 Å². The lowest BCUT2D eigenvalue weighted by atomic mass is 10.1. The van der Waals surface area contributed by atoms with Crippen molar-refractivity contribution in [2.75, 3.05) is 17.3 Å². The molecule has 1 amide bonds. The number of benzene rings is 2. The summed E-state index contributed by atoms with van der Waals surface area (Å²) >= 11 is 1.25. The van der Waals surface area contributed by atoms with Crippen LogP contribution in [0.1, 0.15) is 24.5 Å². The minimum absolute atomic E-state index is 0.112. The molecule has 0 aliphatic heterocycles. The molecule has 2 aromatic carbocycles. The van der Waals surface area contributed by atoms with E-state index in [4.69, 9.17) is 11.1 Å². The number of thioether (sulfide) groups is 1. The van der Waals surface area contributed by atoms with Crippen molar-refractivity contribution in [3.8, 4) is 17.5 Å². The molecule has 30 heavy (non-hydrogen) atoms. The van der Waals surface area contributed by atoms with E-state index in [9.17, 15) is 4.79 Å². The molecule has 8 heteroatoms. The van der Waals surface area contributed by atoms with Gasteiger partial charge in [-0.25, -0.2) is 4.68 Å². The molecular formula is C22H24N6OS. The standard InChI is InChI=1S/C22H24N6OS/c1-15-5-9-18(10-6-15)20-25-26-22(28(20)24)30-17(3)21(29)27(14-4-13-23)19-11-7-16(2)8-12-19/h5-12,17H,4,14,24H2,1-3H3. The Bertz CT molecular complexity index is 1050. The van der Waals surface area contributed by atoms with Crippen LogP contribution in [0.2, 0.25) is 0 Å². The number of nitrogens with two attached hydrogens (primary N) is 1. The SMILES string of the molecule is Cc1ccc(-c2nnc(SC(C)C(=O)N(CCC#N)c3ccc(C)cc3)n2N)cc1. The number of anilines is 1. The number of rotatable bonds is 7. The second-order valence-corrected chi connectivity index (χ2v) is 8.34. The van der Waals surface area contributed by atoms with E-state index in [0.717, 1.165) is 22.4 Å². The van der Waals surface area contributed by atoms with Crippen LogP contribution in [0.15, 0.2) is 53.7 Å². The Morgan fingerprint density at radius 2 is 1.73 bits per heavy atom. The van der Waals surface area contributed by atoms with Crippen LogP contribution in [0.4, 0.5) is 5.69 Å². The van der Waals surface area contributed by atoms with E-state index in [0.29, 0.717) is 17.5 Å². The molecule has 0 spiro atoms. The summed E-state index contributed by atoms with van der Waals surface area (Å²) in [5.41, 5.74) is 3.87. The topological polar surface area (TPSA) is 101 Å². The van der Waals surface area contributed by atoms with E-state index in [1.165, 1.54) is 16.4 Å². The summed E-state index contributed by atoms with van der Waals surface area (Å²) in [6.45, 7) is 6.13. The van der Waals surface area contributed by atoms with Gasteiger partial charge < -0.3 is 10.7 Å². The Labute approximate surface area is 180 Å². The summed E-state index contributed by atoms with van der Waals surface area (Å²) in [6, 6.07) is 17.6. The minimum Gasteiger partial charge on any atom is -0.335 e. The van der Waals surface area contributed by atoms with Crippen molar-refractivity contribution < 1.29 is 4.79 Å². The number of amides is 1. The summed E-state index contributed by atoms with van der Waals surface area (Å²) in [4.78, 5) is 14.8. The van der Waals surface area contributed by atoms with Crippen molar-refractivity contribution in [3.05, 3.63) is 59.7 Å². The van der Waals surface area contributed by atoms with Crippen LogP contribution in [0.3, 0.4) is 0 Å².